The first-order chi connectivity index (χ1) is 18.3. The van der Waals surface area contributed by atoms with E-state index in [9.17, 15) is 9.59 Å². The first-order valence-corrected chi connectivity index (χ1v) is 12.9. The summed E-state index contributed by atoms with van der Waals surface area (Å²) < 4.78 is 23.0. The number of amides is 2. The van der Waals surface area contributed by atoms with Crippen molar-refractivity contribution < 1.29 is 28.5 Å². The number of aromatic nitrogens is 3. The van der Waals surface area contributed by atoms with Gasteiger partial charge in [-0.3, -0.25) is 4.79 Å². The van der Waals surface area contributed by atoms with E-state index in [1.807, 2.05) is 32.9 Å². The quantitative estimate of drug-likeness (QED) is 0.500. The van der Waals surface area contributed by atoms with Crippen LogP contribution < -0.4 is 19.5 Å². The Kier molecular flexibility index (Phi) is 6.00. The van der Waals surface area contributed by atoms with Crippen molar-refractivity contribution in [1.82, 2.24) is 25.2 Å². The van der Waals surface area contributed by atoms with Gasteiger partial charge in [-0.25, -0.2) is 14.8 Å². The maximum absolute atomic E-state index is 13.3. The SMILES string of the molecule is CC(C)(C)OC(=O)N1CCC(NC(=O)c2c[nH]c3c(-c4c(OCC5CC5)ccc5c4OCO5)ncnc23)C1. The van der Waals surface area contributed by atoms with Crippen molar-refractivity contribution in [2.24, 2.45) is 5.92 Å². The van der Waals surface area contributed by atoms with E-state index in [1.165, 1.54) is 19.2 Å². The molecule has 1 saturated carbocycles. The number of benzene rings is 1. The van der Waals surface area contributed by atoms with Gasteiger partial charge in [0.1, 0.15) is 28.9 Å². The van der Waals surface area contributed by atoms with Crippen LogP contribution in [-0.4, -0.2) is 70.0 Å². The van der Waals surface area contributed by atoms with Crippen molar-refractivity contribution in [3.05, 3.63) is 30.2 Å². The summed E-state index contributed by atoms with van der Waals surface area (Å²) in [6.45, 7) is 7.14. The molecule has 0 spiro atoms. The number of H-pyrrole nitrogens is 1. The summed E-state index contributed by atoms with van der Waals surface area (Å²) in [6, 6.07) is 3.51. The zero-order chi connectivity index (χ0) is 26.4. The van der Waals surface area contributed by atoms with Crippen LogP contribution >= 0.6 is 0 Å². The summed E-state index contributed by atoms with van der Waals surface area (Å²) in [5.41, 5.74) is 2.15. The normalized spacial score (nSPS) is 18.6. The number of nitrogens with zero attached hydrogens (tertiary/aromatic N) is 3. The third-order valence-electron chi connectivity index (χ3n) is 6.79. The topological polar surface area (TPSA) is 128 Å². The molecule has 1 unspecified atom stereocenters. The first kappa shape index (κ1) is 24.3. The lowest BCUT2D eigenvalue weighted by Crippen LogP contribution is -2.40. The molecule has 1 saturated heterocycles. The minimum Gasteiger partial charge on any atom is -0.492 e. The Hall–Kier alpha value is -4.02. The number of carbonyl (C=O) groups is 2. The summed E-state index contributed by atoms with van der Waals surface area (Å²) in [5, 5.41) is 3.03. The van der Waals surface area contributed by atoms with E-state index in [0.717, 1.165) is 0 Å². The Labute approximate surface area is 219 Å². The molecular weight excluding hydrogens is 490 g/mol. The maximum Gasteiger partial charge on any atom is 0.410 e. The molecule has 11 heteroatoms. The van der Waals surface area contributed by atoms with Crippen LogP contribution in [0.25, 0.3) is 22.3 Å². The Bertz CT molecular complexity index is 1390. The van der Waals surface area contributed by atoms with Crippen LogP contribution in [0.3, 0.4) is 0 Å². The Balaban J connectivity index is 1.25. The van der Waals surface area contributed by atoms with Crippen LogP contribution in [0.5, 0.6) is 17.2 Å². The first-order valence-electron chi connectivity index (χ1n) is 12.9. The molecule has 200 valence electrons. The smallest absolute Gasteiger partial charge is 0.410 e. The summed E-state index contributed by atoms with van der Waals surface area (Å²) in [7, 11) is 0. The van der Waals surface area contributed by atoms with Crippen molar-refractivity contribution in [2.45, 2.75) is 51.7 Å². The van der Waals surface area contributed by atoms with Gasteiger partial charge in [-0.1, -0.05) is 0 Å². The fraction of sp³-hybridized carbons (Fsp3) is 0.481. The molecule has 2 N–H and O–H groups in total. The number of likely N-dealkylation sites (tertiary alicyclic amines) is 1. The van der Waals surface area contributed by atoms with E-state index in [-0.39, 0.29) is 24.8 Å². The molecule has 1 aromatic carbocycles. The van der Waals surface area contributed by atoms with E-state index >= 15 is 0 Å². The van der Waals surface area contributed by atoms with Gasteiger partial charge in [-0.2, -0.15) is 0 Å². The maximum atomic E-state index is 13.3. The molecule has 2 amide bonds. The van der Waals surface area contributed by atoms with E-state index in [0.29, 0.717) is 77.1 Å². The van der Waals surface area contributed by atoms with Gasteiger partial charge < -0.3 is 34.1 Å². The molecule has 1 atom stereocenters. The molecule has 2 aromatic heterocycles. The van der Waals surface area contributed by atoms with Crippen LogP contribution in [0.2, 0.25) is 0 Å². The predicted molar refractivity (Wildman–Crippen MR) is 137 cm³/mol. The number of hydrogen-bond donors (Lipinski definition) is 2. The summed E-state index contributed by atoms with van der Waals surface area (Å²) in [6.07, 6.45) is 5.67. The van der Waals surface area contributed by atoms with Gasteiger partial charge in [-0.15, -0.1) is 0 Å². The third kappa shape index (κ3) is 4.80. The fourth-order valence-corrected chi connectivity index (χ4v) is 4.73. The van der Waals surface area contributed by atoms with Gasteiger partial charge >= 0.3 is 6.09 Å². The van der Waals surface area contributed by atoms with Gasteiger partial charge in [0.15, 0.2) is 11.5 Å². The number of ether oxygens (including phenoxy) is 4. The van der Waals surface area contributed by atoms with Crippen LogP contribution in [0.4, 0.5) is 4.79 Å². The second-order valence-electron chi connectivity index (χ2n) is 11.0. The minimum atomic E-state index is -0.571. The monoisotopic (exact) mass is 521 g/mol. The summed E-state index contributed by atoms with van der Waals surface area (Å²) in [5.74, 6) is 2.12. The molecule has 1 aliphatic carbocycles. The molecule has 3 aliphatic rings. The van der Waals surface area contributed by atoms with Crippen LogP contribution in [0.1, 0.15) is 50.4 Å². The van der Waals surface area contributed by atoms with Crippen LogP contribution in [-0.2, 0) is 4.74 Å². The van der Waals surface area contributed by atoms with E-state index < -0.39 is 5.60 Å². The molecule has 2 fully saturated rings. The van der Waals surface area contributed by atoms with Crippen molar-refractivity contribution in [2.75, 3.05) is 26.5 Å². The second-order valence-corrected chi connectivity index (χ2v) is 11.0. The highest BCUT2D eigenvalue weighted by Crippen LogP contribution is 2.48. The number of hydrogen-bond acceptors (Lipinski definition) is 8. The second kappa shape index (κ2) is 9.38. The van der Waals surface area contributed by atoms with Crippen molar-refractivity contribution in [3.8, 4) is 28.5 Å². The molecule has 0 radical (unpaired) electrons. The molecule has 11 nitrogen and oxygen atoms in total. The zero-order valence-corrected chi connectivity index (χ0v) is 21.7. The van der Waals surface area contributed by atoms with E-state index in [4.69, 9.17) is 18.9 Å². The number of fused-ring (bicyclic) bond motifs is 2. The fourth-order valence-electron chi connectivity index (χ4n) is 4.73. The minimum absolute atomic E-state index is 0.114. The highest BCUT2D eigenvalue weighted by Gasteiger charge is 2.32. The van der Waals surface area contributed by atoms with Gasteiger partial charge in [0, 0.05) is 25.3 Å². The molecule has 4 heterocycles. The van der Waals surface area contributed by atoms with Gasteiger partial charge in [0.2, 0.25) is 6.79 Å². The highest BCUT2D eigenvalue weighted by atomic mass is 16.7. The summed E-state index contributed by atoms with van der Waals surface area (Å²) in [4.78, 5) is 39.4. The Morgan fingerprint density at radius 3 is 2.82 bits per heavy atom. The number of carbonyl (C=O) groups excluding carboxylic acids is 2. The molecule has 3 aromatic rings. The molecule has 0 bridgehead atoms. The van der Waals surface area contributed by atoms with Crippen molar-refractivity contribution in [3.63, 3.8) is 0 Å². The van der Waals surface area contributed by atoms with Gasteiger partial charge in [0.25, 0.3) is 5.91 Å². The molecule has 38 heavy (non-hydrogen) atoms. The third-order valence-corrected chi connectivity index (χ3v) is 6.79. The number of aromatic amines is 1. The Morgan fingerprint density at radius 2 is 2.03 bits per heavy atom. The number of rotatable bonds is 6. The summed E-state index contributed by atoms with van der Waals surface area (Å²) >= 11 is 0. The average Bonchev–Trinajstić information content (AvgIpc) is 3.23. The van der Waals surface area contributed by atoms with E-state index in [2.05, 4.69) is 20.3 Å². The van der Waals surface area contributed by atoms with Gasteiger partial charge in [-0.05, 0) is 58.1 Å². The zero-order valence-electron chi connectivity index (χ0n) is 21.7. The standard InChI is InChI=1S/C27H31N5O6/c1-27(2,3)38-26(34)32-9-8-16(11-32)31-25(33)17-10-28-23-21(17)29-13-30-22(23)20-18(35-12-15-4-5-15)6-7-19-24(20)37-14-36-19/h6-7,10,13,15-16,28H,4-5,8-9,11-12,14H2,1-3H3,(H,31,33). The molecule has 2 aliphatic heterocycles. The van der Waals surface area contributed by atoms with Crippen LogP contribution in [0, 0.1) is 5.92 Å². The van der Waals surface area contributed by atoms with Crippen molar-refractivity contribution >= 4 is 23.0 Å². The largest absolute Gasteiger partial charge is 0.492 e. The van der Waals surface area contributed by atoms with E-state index in [1.54, 1.807) is 11.1 Å². The lowest BCUT2D eigenvalue weighted by molar-refractivity contribution is 0.0290. The van der Waals surface area contributed by atoms with Gasteiger partial charge in [0.05, 0.1) is 23.3 Å². The highest BCUT2D eigenvalue weighted by molar-refractivity contribution is 6.08. The lowest BCUT2D eigenvalue weighted by atomic mass is 10.1. The predicted octanol–water partition coefficient (Wildman–Crippen LogP) is 3.88. The lowest BCUT2D eigenvalue weighted by Gasteiger charge is -2.24. The van der Waals surface area contributed by atoms with Crippen molar-refractivity contribution in [1.29, 1.82) is 0 Å². The average molecular weight is 522 g/mol. The Morgan fingerprint density at radius 1 is 1.18 bits per heavy atom. The molecular formula is C27H31N5O6. The number of nitrogens with one attached hydrogen (secondary N) is 2. The van der Waals surface area contributed by atoms with Crippen LogP contribution in [0.15, 0.2) is 24.7 Å². The molecule has 6 rings (SSSR count).